The van der Waals surface area contributed by atoms with E-state index in [0.717, 1.165) is 11.1 Å². The molecule has 0 aliphatic carbocycles. The molecule has 2 atom stereocenters. The van der Waals surface area contributed by atoms with Gasteiger partial charge in [0.25, 0.3) is 0 Å². The van der Waals surface area contributed by atoms with Gasteiger partial charge >= 0.3 is 6.03 Å². The van der Waals surface area contributed by atoms with Gasteiger partial charge in [0.15, 0.2) is 0 Å². The van der Waals surface area contributed by atoms with Gasteiger partial charge in [-0.1, -0.05) is 67.6 Å². The van der Waals surface area contributed by atoms with Gasteiger partial charge in [-0.05, 0) is 17.0 Å². The lowest BCUT2D eigenvalue weighted by Crippen LogP contribution is -2.50. The third-order valence-corrected chi connectivity index (χ3v) is 3.87. The maximum absolute atomic E-state index is 12.4. The number of rotatable bonds is 7. The highest BCUT2D eigenvalue weighted by molar-refractivity contribution is 5.86. The molecule has 0 aliphatic heterocycles. The number of nitrogens with two attached hydrogens (primary N) is 1. The van der Waals surface area contributed by atoms with Crippen LogP contribution in [0.1, 0.15) is 24.0 Å². The van der Waals surface area contributed by atoms with E-state index in [1.165, 1.54) is 0 Å². The lowest BCUT2D eigenvalue weighted by atomic mass is 10.0. The summed E-state index contributed by atoms with van der Waals surface area (Å²) >= 11 is 0. The molecule has 0 fully saturated rings. The molecule has 5 nitrogen and oxygen atoms in total. The van der Waals surface area contributed by atoms with Crippen LogP contribution < -0.4 is 16.4 Å². The minimum absolute atomic E-state index is 0.182. The van der Waals surface area contributed by atoms with Crippen molar-refractivity contribution in [1.29, 1.82) is 0 Å². The van der Waals surface area contributed by atoms with Crippen molar-refractivity contribution in [2.45, 2.75) is 25.3 Å². The number of primary amides is 1. The fourth-order valence-electron chi connectivity index (χ4n) is 2.51. The van der Waals surface area contributed by atoms with E-state index in [0.29, 0.717) is 13.0 Å². The fourth-order valence-corrected chi connectivity index (χ4v) is 2.51. The first-order valence-electron chi connectivity index (χ1n) is 7.99. The molecule has 0 bridgehead atoms. The maximum Gasteiger partial charge on any atom is 0.312 e. The van der Waals surface area contributed by atoms with Crippen LogP contribution in [-0.4, -0.2) is 24.5 Å². The lowest BCUT2D eigenvalue weighted by molar-refractivity contribution is -0.122. The normalized spacial score (nSPS) is 12.9. The Hall–Kier alpha value is -2.82. The quantitative estimate of drug-likeness (QED) is 0.729. The van der Waals surface area contributed by atoms with Crippen molar-refractivity contribution < 1.29 is 9.59 Å². The van der Waals surface area contributed by atoms with E-state index < -0.39 is 12.1 Å². The Morgan fingerprint density at radius 2 is 1.58 bits per heavy atom. The summed E-state index contributed by atoms with van der Waals surface area (Å²) in [6.07, 6.45) is 0.398. The number of urea groups is 1. The van der Waals surface area contributed by atoms with Gasteiger partial charge in [-0.3, -0.25) is 4.79 Å². The summed E-state index contributed by atoms with van der Waals surface area (Å²) in [5.41, 5.74) is 7.32. The largest absolute Gasteiger partial charge is 0.354 e. The molecule has 0 spiro atoms. The Kier molecular flexibility index (Phi) is 6.37. The minimum atomic E-state index is -0.706. The van der Waals surface area contributed by atoms with E-state index in [4.69, 9.17) is 5.73 Å². The smallest absolute Gasteiger partial charge is 0.312 e. The van der Waals surface area contributed by atoms with Crippen molar-refractivity contribution in [3.63, 3.8) is 0 Å². The molecule has 2 aromatic carbocycles. The van der Waals surface area contributed by atoms with Crippen molar-refractivity contribution >= 4 is 11.9 Å². The van der Waals surface area contributed by atoms with Gasteiger partial charge in [-0.2, -0.15) is 0 Å². The van der Waals surface area contributed by atoms with Crippen LogP contribution in [0.5, 0.6) is 0 Å². The van der Waals surface area contributed by atoms with Crippen LogP contribution in [0.25, 0.3) is 0 Å². The predicted octanol–water partition coefficient (Wildman–Crippen LogP) is 2.19. The van der Waals surface area contributed by atoms with Crippen LogP contribution in [-0.2, 0) is 11.2 Å². The summed E-state index contributed by atoms with van der Waals surface area (Å²) in [4.78, 5) is 23.6. The summed E-state index contributed by atoms with van der Waals surface area (Å²) in [6, 6.07) is 18.1. The number of nitrogens with one attached hydrogen (secondary N) is 2. The molecule has 24 heavy (non-hydrogen) atoms. The molecule has 5 heteroatoms. The number of amides is 3. The molecular formula is C19H23N3O2. The van der Waals surface area contributed by atoms with Gasteiger partial charge in [0, 0.05) is 13.0 Å². The van der Waals surface area contributed by atoms with Gasteiger partial charge in [0.1, 0.15) is 6.04 Å². The molecule has 2 aromatic rings. The van der Waals surface area contributed by atoms with E-state index in [9.17, 15) is 9.59 Å². The lowest BCUT2D eigenvalue weighted by Gasteiger charge is -2.19. The molecule has 126 valence electrons. The van der Waals surface area contributed by atoms with Crippen LogP contribution in [0.3, 0.4) is 0 Å². The van der Waals surface area contributed by atoms with Crippen molar-refractivity contribution in [2.24, 2.45) is 5.73 Å². The van der Waals surface area contributed by atoms with Crippen molar-refractivity contribution in [1.82, 2.24) is 10.6 Å². The van der Waals surface area contributed by atoms with Crippen LogP contribution in [0.2, 0.25) is 0 Å². The zero-order chi connectivity index (χ0) is 17.4. The van der Waals surface area contributed by atoms with Gasteiger partial charge < -0.3 is 16.4 Å². The third-order valence-electron chi connectivity index (χ3n) is 3.87. The van der Waals surface area contributed by atoms with E-state index >= 15 is 0 Å². The molecule has 2 unspecified atom stereocenters. The van der Waals surface area contributed by atoms with Gasteiger partial charge in [-0.25, -0.2) is 4.79 Å². The molecule has 4 N–H and O–H groups in total. The van der Waals surface area contributed by atoms with Crippen LogP contribution in [0.4, 0.5) is 4.79 Å². The molecule has 0 aromatic heterocycles. The average molecular weight is 325 g/mol. The highest BCUT2D eigenvalue weighted by Crippen LogP contribution is 2.13. The Bertz CT molecular complexity index is 659. The zero-order valence-electron chi connectivity index (χ0n) is 13.7. The Morgan fingerprint density at radius 1 is 1.00 bits per heavy atom. The highest BCUT2D eigenvalue weighted by Gasteiger charge is 2.20. The van der Waals surface area contributed by atoms with Crippen LogP contribution in [0.15, 0.2) is 60.7 Å². The molecule has 0 heterocycles. The van der Waals surface area contributed by atoms with Crippen molar-refractivity contribution in [3.05, 3.63) is 71.8 Å². The minimum Gasteiger partial charge on any atom is -0.354 e. The first kappa shape index (κ1) is 17.5. The number of carbonyl (C=O) groups is 2. The number of hydrogen-bond acceptors (Lipinski definition) is 2. The van der Waals surface area contributed by atoms with Gasteiger partial charge in [0.2, 0.25) is 5.91 Å². The van der Waals surface area contributed by atoms with Gasteiger partial charge in [0.05, 0.1) is 0 Å². The van der Waals surface area contributed by atoms with Crippen LogP contribution in [0, 0.1) is 0 Å². The second-order valence-electron chi connectivity index (χ2n) is 5.81. The number of carbonyl (C=O) groups excluding carboxylic acids is 2. The molecule has 2 rings (SSSR count). The second-order valence-corrected chi connectivity index (χ2v) is 5.81. The first-order valence-corrected chi connectivity index (χ1v) is 7.99. The molecule has 3 amide bonds. The summed E-state index contributed by atoms with van der Waals surface area (Å²) in [5.74, 6) is -0.0541. The second kappa shape index (κ2) is 8.72. The Labute approximate surface area is 142 Å². The predicted molar refractivity (Wildman–Crippen MR) is 94.5 cm³/mol. The fraction of sp³-hybridized carbons (Fsp3) is 0.263. The third kappa shape index (κ3) is 5.43. The SMILES string of the molecule is CC(CNC(=O)C(Cc1ccccc1)NC(N)=O)c1ccccc1. The number of hydrogen-bond donors (Lipinski definition) is 3. The Morgan fingerprint density at radius 3 is 2.17 bits per heavy atom. The molecule has 0 aliphatic rings. The number of benzene rings is 2. The molecule has 0 radical (unpaired) electrons. The van der Waals surface area contributed by atoms with E-state index in [2.05, 4.69) is 10.6 Å². The Balaban J connectivity index is 1.96. The van der Waals surface area contributed by atoms with E-state index in [-0.39, 0.29) is 11.8 Å². The average Bonchev–Trinajstić information content (AvgIpc) is 2.60. The molecule has 0 saturated heterocycles. The summed E-state index contributed by atoms with van der Waals surface area (Å²) in [5, 5.41) is 5.42. The standard InChI is InChI=1S/C19H23N3O2/c1-14(16-10-6-3-7-11-16)13-21-18(23)17(22-19(20)24)12-15-8-4-2-5-9-15/h2-11,14,17H,12-13H2,1H3,(H,21,23)(H3,20,22,24). The van der Waals surface area contributed by atoms with Crippen molar-refractivity contribution in [3.8, 4) is 0 Å². The van der Waals surface area contributed by atoms with Crippen molar-refractivity contribution in [2.75, 3.05) is 6.54 Å². The molecular weight excluding hydrogens is 302 g/mol. The summed E-state index contributed by atoms with van der Waals surface area (Å²) in [7, 11) is 0. The van der Waals surface area contributed by atoms with Gasteiger partial charge in [-0.15, -0.1) is 0 Å². The molecule has 0 saturated carbocycles. The topological polar surface area (TPSA) is 84.2 Å². The summed E-state index contributed by atoms with van der Waals surface area (Å²) in [6.45, 7) is 2.54. The summed E-state index contributed by atoms with van der Waals surface area (Å²) < 4.78 is 0. The highest BCUT2D eigenvalue weighted by atomic mass is 16.2. The first-order chi connectivity index (χ1) is 11.6. The maximum atomic E-state index is 12.4. The van der Waals surface area contributed by atoms with Crippen LogP contribution >= 0.6 is 0 Å². The zero-order valence-corrected chi connectivity index (χ0v) is 13.7. The van der Waals surface area contributed by atoms with E-state index in [1.807, 2.05) is 67.6 Å². The monoisotopic (exact) mass is 325 g/mol. The van der Waals surface area contributed by atoms with E-state index in [1.54, 1.807) is 0 Å².